The molecule has 0 aliphatic heterocycles. The van der Waals surface area contributed by atoms with Crippen molar-refractivity contribution in [2.45, 2.75) is 12.8 Å². The molecule has 24 heavy (non-hydrogen) atoms. The Morgan fingerprint density at radius 3 is 2.88 bits per heavy atom. The highest BCUT2D eigenvalue weighted by Gasteiger charge is 2.08. The second-order valence-electron chi connectivity index (χ2n) is 5.06. The van der Waals surface area contributed by atoms with Crippen molar-refractivity contribution in [1.29, 1.82) is 0 Å². The van der Waals surface area contributed by atoms with Gasteiger partial charge in [-0.2, -0.15) is 0 Å². The van der Waals surface area contributed by atoms with Crippen molar-refractivity contribution in [2.75, 3.05) is 11.9 Å². The van der Waals surface area contributed by atoms with Crippen LogP contribution in [0.4, 0.5) is 5.13 Å². The van der Waals surface area contributed by atoms with Gasteiger partial charge in [0.1, 0.15) is 5.75 Å². The number of amides is 1. The number of ether oxygens (including phenoxy) is 1. The van der Waals surface area contributed by atoms with Crippen LogP contribution in [-0.4, -0.2) is 17.5 Å². The van der Waals surface area contributed by atoms with E-state index in [4.69, 9.17) is 27.9 Å². The van der Waals surface area contributed by atoms with Crippen LogP contribution in [0.3, 0.4) is 0 Å². The minimum absolute atomic E-state index is 0.0945. The Balaban J connectivity index is 1.47. The van der Waals surface area contributed by atoms with Crippen LogP contribution in [0.5, 0.6) is 5.75 Å². The molecule has 7 heteroatoms. The predicted octanol–water partition coefficient (Wildman–Crippen LogP) is 5.40. The predicted molar refractivity (Wildman–Crippen MR) is 99.4 cm³/mol. The van der Waals surface area contributed by atoms with Gasteiger partial charge in [0.15, 0.2) is 5.13 Å². The largest absolute Gasteiger partial charge is 0.492 e. The number of hydrogen-bond acceptors (Lipinski definition) is 4. The van der Waals surface area contributed by atoms with E-state index in [9.17, 15) is 4.79 Å². The number of hydrogen-bond donors (Lipinski definition) is 1. The molecule has 1 aromatic heterocycles. The van der Waals surface area contributed by atoms with Gasteiger partial charge in [-0.15, -0.1) is 0 Å². The molecule has 0 aliphatic rings. The Bertz CT molecular complexity index is 867. The average Bonchev–Trinajstić information content (AvgIpc) is 2.94. The lowest BCUT2D eigenvalue weighted by Crippen LogP contribution is -2.12. The standard InChI is InChI=1S/C17H14Cl2N2O2S/c18-11-7-8-13-15(10-11)24-17(20-13)21-16(22)6-3-9-23-14-5-2-1-4-12(14)19/h1-2,4-5,7-8,10H,3,6,9H2,(H,20,21,22). The van der Waals surface area contributed by atoms with Crippen LogP contribution in [0, 0.1) is 0 Å². The zero-order chi connectivity index (χ0) is 16.9. The van der Waals surface area contributed by atoms with Crippen LogP contribution in [0.15, 0.2) is 42.5 Å². The van der Waals surface area contributed by atoms with E-state index in [1.807, 2.05) is 24.3 Å². The van der Waals surface area contributed by atoms with Crippen LogP contribution >= 0.6 is 34.5 Å². The van der Waals surface area contributed by atoms with Gasteiger partial charge in [0, 0.05) is 11.4 Å². The lowest BCUT2D eigenvalue weighted by molar-refractivity contribution is -0.116. The Morgan fingerprint density at radius 2 is 2.04 bits per heavy atom. The van der Waals surface area contributed by atoms with Crippen LogP contribution in [0.25, 0.3) is 10.2 Å². The maximum Gasteiger partial charge on any atom is 0.226 e. The van der Waals surface area contributed by atoms with Gasteiger partial charge in [-0.3, -0.25) is 4.79 Å². The van der Waals surface area contributed by atoms with Crippen molar-refractivity contribution in [3.63, 3.8) is 0 Å². The van der Waals surface area contributed by atoms with Gasteiger partial charge < -0.3 is 10.1 Å². The highest BCUT2D eigenvalue weighted by molar-refractivity contribution is 7.22. The third kappa shape index (κ3) is 4.38. The summed E-state index contributed by atoms with van der Waals surface area (Å²) in [5.41, 5.74) is 0.821. The number of nitrogens with one attached hydrogen (secondary N) is 1. The lowest BCUT2D eigenvalue weighted by Gasteiger charge is -2.07. The third-order valence-electron chi connectivity index (χ3n) is 3.24. The monoisotopic (exact) mass is 380 g/mol. The third-order valence-corrected chi connectivity index (χ3v) is 4.72. The number of para-hydroxylation sites is 1. The summed E-state index contributed by atoms with van der Waals surface area (Å²) in [6.45, 7) is 0.423. The highest BCUT2D eigenvalue weighted by Crippen LogP contribution is 2.28. The number of anilines is 1. The molecule has 0 bridgehead atoms. The van der Waals surface area contributed by atoms with Gasteiger partial charge in [-0.25, -0.2) is 4.98 Å². The maximum absolute atomic E-state index is 12.0. The number of carbonyl (C=O) groups excluding carboxylic acids is 1. The molecule has 0 aliphatic carbocycles. The van der Waals surface area contributed by atoms with Gasteiger partial charge in [0.2, 0.25) is 5.91 Å². The Hall–Kier alpha value is -1.82. The molecule has 3 rings (SSSR count). The van der Waals surface area contributed by atoms with Gasteiger partial charge in [0.25, 0.3) is 0 Å². The minimum atomic E-state index is -0.0945. The van der Waals surface area contributed by atoms with Crippen LogP contribution in [0.1, 0.15) is 12.8 Å². The Labute approximate surface area is 153 Å². The van der Waals surface area contributed by atoms with E-state index in [1.54, 1.807) is 18.2 Å². The first-order valence-corrected chi connectivity index (χ1v) is 8.92. The summed E-state index contributed by atoms with van der Waals surface area (Å²) in [4.78, 5) is 16.3. The van der Waals surface area contributed by atoms with Gasteiger partial charge in [0.05, 0.1) is 21.8 Å². The first kappa shape index (κ1) is 17.0. The fourth-order valence-electron chi connectivity index (χ4n) is 2.11. The van der Waals surface area contributed by atoms with E-state index in [2.05, 4.69) is 10.3 Å². The van der Waals surface area contributed by atoms with Crippen molar-refractivity contribution < 1.29 is 9.53 Å². The summed E-state index contributed by atoms with van der Waals surface area (Å²) in [5, 5.41) is 4.60. The molecular formula is C17H14Cl2N2O2S. The molecule has 2 aromatic carbocycles. The number of aromatic nitrogens is 1. The zero-order valence-electron chi connectivity index (χ0n) is 12.6. The zero-order valence-corrected chi connectivity index (χ0v) is 14.9. The maximum atomic E-state index is 12.0. The van der Waals surface area contributed by atoms with Gasteiger partial charge in [-0.1, -0.05) is 46.7 Å². The van der Waals surface area contributed by atoms with Crippen molar-refractivity contribution in [3.05, 3.63) is 52.5 Å². The number of rotatable bonds is 6. The van der Waals surface area contributed by atoms with E-state index in [1.165, 1.54) is 11.3 Å². The molecule has 1 amide bonds. The molecule has 3 aromatic rings. The number of thiazole rings is 1. The minimum Gasteiger partial charge on any atom is -0.492 e. The Morgan fingerprint density at radius 1 is 1.21 bits per heavy atom. The van der Waals surface area contributed by atoms with E-state index in [0.29, 0.717) is 40.4 Å². The molecule has 124 valence electrons. The molecule has 4 nitrogen and oxygen atoms in total. The smallest absolute Gasteiger partial charge is 0.226 e. The van der Waals surface area contributed by atoms with Gasteiger partial charge in [-0.05, 0) is 36.8 Å². The average molecular weight is 381 g/mol. The summed E-state index contributed by atoms with van der Waals surface area (Å²) in [5.74, 6) is 0.533. The number of nitrogens with zero attached hydrogens (tertiary/aromatic N) is 1. The summed E-state index contributed by atoms with van der Waals surface area (Å²) >= 11 is 13.4. The number of benzene rings is 2. The second kappa shape index (κ2) is 7.83. The van der Waals surface area contributed by atoms with Crippen molar-refractivity contribution in [3.8, 4) is 5.75 Å². The van der Waals surface area contributed by atoms with Gasteiger partial charge >= 0.3 is 0 Å². The fraction of sp³-hybridized carbons (Fsp3) is 0.176. The van der Waals surface area contributed by atoms with Crippen molar-refractivity contribution in [2.24, 2.45) is 0 Å². The number of fused-ring (bicyclic) bond motifs is 1. The van der Waals surface area contributed by atoms with Crippen LogP contribution < -0.4 is 10.1 Å². The molecule has 0 unspecified atom stereocenters. The summed E-state index contributed by atoms with van der Waals surface area (Å²) in [6, 6.07) is 12.7. The SMILES string of the molecule is O=C(CCCOc1ccccc1Cl)Nc1nc2ccc(Cl)cc2s1. The molecule has 1 N–H and O–H groups in total. The normalized spacial score (nSPS) is 10.8. The van der Waals surface area contributed by atoms with E-state index >= 15 is 0 Å². The number of halogens is 2. The summed E-state index contributed by atoms with van der Waals surface area (Å²) in [7, 11) is 0. The van der Waals surface area contributed by atoms with Crippen LogP contribution in [-0.2, 0) is 4.79 Å². The molecule has 0 fully saturated rings. The number of carbonyl (C=O) groups is 1. The first-order chi connectivity index (χ1) is 11.6. The van der Waals surface area contributed by atoms with E-state index in [-0.39, 0.29) is 5.91 Å². The fourth-order valence-corrected chi connectivity index (χ4v) is 3.46. The molecule has 0 radical (unpaired) electrons. The molecule has 0 saturated carbocycles. The Kier molecular flexibility index (Phi) is 5.56. The highest BCUT2D eigenvalue weighted by atomic mass is 35.5. The molecule has 0 spiro atoms. The topological polar surface area (TPSA) is 51.2 Å². The van der Waals surface area contributed by atoms with E-state index < -0.39 is 0 Å². The molecule has 1 heterocycles. The lowest BCUT2D eigenvalue weighted by atomic mass is 10.3. The van der Waals surface area contributed by atoms with E-state index in [0.717, 1.165) is 10.2 Å². The molecule has 0 saturated heterocycles. The van der Waals surface area contributed by atoms with Crippen molar-refractivity contribution >= 4 is 55.8 Å². The molecular weight excluding hydrogens is 367 g/mol. The summed E-state index contributed by atoms with van der Waals surface area (Å²) in [6.07, 6.45) is 0.939. The van der Waals surface area contributed by atoms with Crippen LogP contribution in [0.2, 0.25) is 10.0 Å². The summed E-state index contributed by atoms with van der Waals surface area (Å²) < 4.78 is 6.50. The molecule has 0 atom stereocenters. The van der Waals surface area contributed by atoms with Crippen molar-refractivity contribution in [1.82, 2.24) is 4.98 Å². The second-order valence-corrected chi connectivity index (χ2v) is 6.94. The first-order valence-electron chi connectivity index (χ1n) is 7.35. The quantitative estimate of drug-likeness (QED) is 0.582.